The van der Waals surface area contributed by atoms with Crippen LogP contribution in [0.2, 0.25) is 0 Å². The summed E-state index contributed by atoms with van der Waals surface area (Å²) in [6.07, 6.45) is 3.77. The third kappa shape index (κ3) is 3.12. The largest absolute Gasteiger partial charge is 0.392 e. The van der Waals surface area contributed by atoms with Crippen molar-refractivity contribution in [1.29, 1.82) is 0 Å². The summed E-state index contributed by atoms with van der Waals surface area (Å²) in [5, 5.41) is 10.4. The molecule has 3 unspecified atom stereocenters. The van der Waals surface area contributed by atoms with Gasteiger partial charge in [0, 0.05) is 12.5 Å². The zero-order chi connectivity index (χ0) is 13.0. The van der Waals surface area contributed by atoms with Crippen LogP contribution in [0.1, 0.15) is 37.8 Å². The minimum absolute atomic E-state index is 0.245. The Balaban J connectivity index is 1.95. The highest BCUT2D eigenvalue weighted by Gasteiger charge is 2.32. The Morgan fingerprint density at radius 2 is 1.89 bits per heavy atom. The first-order valence-electron chi connectivity index (χ1n) is 7.12. The van der Waals surface area contributed by atoms with Gasteiger partial charge in [0.15, 0.2) is 0 Å². The van der Waals surface area contributed by atoms with E-state index in [1.807, 2.05) is 0 Å². The van der Waals surface area contributed by atoms with Gasteiger partial charge in [-0.05, 0) is 36.8 Å². The minimum atomic E-state index is -0.273. The highest BCUT2D eigenvalue weighted by molar-refractivity contribution is 5.23. The van der Waals surface area contributed by atoms with Crippen LogP contribution in [0, 0.1) is 5.92 Å². The van der Waals surface area contributed by atoms with Crippen LogP contribution < -0.4 is 0 Å². The van der Waals surface area contributed by atoms with Crippen LogP contribution >= 0.6 is 0 Å². The van der Waals surface area contributed by atoms with Gasteiger partial charge in [-0.25, -0.2) is 0 Å². The summed E-state index contributed by atoms with van der Waals surface area (Å²) < 4.78 is 5.65. The van der Waals surface area contributed by atoms with Gasteiger partial charge in [-0.15, -0.1) is 0 Å². The number of hydrogen-bond donors (Lipinski definition) is 1. The Kier molecular flexibility index (Phi) is 4.79. The lowest BCUT2D eigenvalue weighted by atomic mass is 9.89. The fourth-order valence-corrected chi connectivity index (χ4v) is 2.83. The fraction of sp³-hybridized carbons (Fsp3) is 0.625. The van der Waals surface area contributed by atoms with Gasteiger partial charge < -0.3 is 9.84 Å². The zero-order valence-corrected chi connectivity index (χ0v) is 11.4. The first-order valence-corrected chi connectivity index (χ1v) is 7.12. The Morgan fingerprint density at radius 1 is 1.22 bits per heavy atom. The third-order valence-electron chi connectivity index (χ3n) is 4.03. The third-order valence-corrected chi connectivity index (χ3v) is 4.03. The van der Waals surface area contributed by atoms with Crippen LogP contribution in [0.4, 0.5) is 0 Å². The first kappa shape index (κ1) is 13.6. The summed E-state index contributed by atoms with van der Waals surface area (Å²) in [5.41, 5.74) is 2.57. The smallest absolute Gasteiger partial charge is 0.0634 e. The van der Waals surface area contributed by atoms with Gasteiger partial charge in [0.25, 0.3) is 0 Å². The number of rotatable bonds is 5. The lowest BCUT2D eigenvalue weighted by Gasteiger charge is -2.22. The molecule has 1 aliphatic rings. The summed E-state index contributed by atoms with van der Waals surface area (Å²) in [6, 6.07) is 8.59. The van der Waals surface area contributed by atoms with Gasteiger partial charge in [0.2, 0.25) is 0 Å². The maximum absolute atomic E-state index is 10.4. The molecule has 1 heterocycles. The number of benzene rings is 1. The molecule has 100 valence electrons. The molecule has 0 bridgehead atoms. The number of hydrogen-bond acceptors (Lipinski definition) is 2. The average Bonchev–Trinajstić information content (AvgIpc) is 2.88. The standard InChI is InChI=1S/C16H24O2/c1-3-12-5-7-13(8-6-12)11-15(17)14-9-10-18-16(14)4-2/h5-8,14-17H,3-4,9-11H2,1-2H3. The van der Waals surface area contributed by atoms with Crippen LogP contribution in [0.3, 0.4) is 0 Å². The van der Waals surface area contributed by atoms with E-state index in [1.165, 1.54) is 11.1 Å². The minimum Gasteiger partial charge on any atom is -0.392 e. The molecule has 1 N–H and O–H groups in total. The predicted molar refractivity (Wildman–Crippen MR) is 73.7 cm³/mol. The monoisotopic (exact) mass is 248 g/mol. The van der Waals surface area contributed by atoms with E-state index in [4.69, 9.17) is 4.74 Å². The first-order chi connectivity index (χ1) is 8.74. The summed E-state index contributed by atoms with van der Waals surface area (Å²) >= 11 is 0. The molecule has 1 saturated heterocycles. The zero-order valence-electron chi connectivity index (χ0n) is 11.4. The van der Waals surface area contributed by atoms with Crippen molar-refractivity contribution >= 4 is 0 Å². The van der Waals surface area contributed by atoms with E-state index in [9.17, 15) is 5.11 Å². The van der Waals surface area contributed by atoms with E-state index in [1.54, 1.807) is 0 Å². The van der Waals surface area contributed by atoms with Crippen LogP contribution in [0.25, 0.3) is 0 Å². The molecule has 1 aromatic carbocycles. The van der Waals surface area contributed by atoms with E-state index in [2.05, 4.69) is 38.1 Å². The SMILES string of the molecule is CCc1ccc(CC(O)C2CCOC2CC)cc1. The number of aliphatic hydroxyl groups excluding tert-OH is 1. The summed E-state index contributed by atoms with van der Waals surface area (Å²) in [6.45, 7) is 5.09. The number of aliphatic hydroxyl groups is 1. The molecule has 1 aromatic rings. The van der Waals surface area contributed by atoms with Gasteiger partial charge in [-0.2, -0.15) is 0 Å². The van der Waals surface area contributed by atoms with Crippen molar-refractivity contribution in [3.63, 3.8) is 0 Å². The molecular formula is C16H24O2. The van der Waals surface area contributed by atoms with Gasteiger partial charge in [-0.1, -0.05) is 38.1 Å². The molecule has 18 heavy (non-hydrogen) atoms. The Morgan fingerprint density at radius 3 is 2.50 bits per heavy atom. The molecular weight excluding hydrogens is 224 g/mol. The van der Waals surface area contributed by atoms with Crippen LogP contribution in [0.15, 0.2) is 24.3 Å². The second kappa shape index (κ2) is 6.35. The highest BCUT2D eigenvalue weighted by Crippen LogP contribution is 2.28. The summed E-state index contributed by atoms with van der Waals surface area (Å²) in [5.74, 6) is 0.306. The van der Waals surface area contributed by atoms with E-state index in [0.29, 0.717) is 5.92 Å². The van der Waals surface area contributed by atoms with Crippen molar-refractivity contribution in [2.45, 2.75) is 51.7 Å². The lowest BCUT2D eigenvalue weighted by Crippen LogP contribution is -2.29. The topological polar surface area (TPSA) is 29.5 Å². The summed E-state index contributed by atoms with van der Waals surface area (Å²) in [7, 11) is 0. The van der Waals surface area contributed by atoms with Gasteiger partial charge >= 0.3 is 0 Å². The normalized spacial score (nSPS) is 25.3. The van der Waals surface area contributed by atoms with E-state index in [-0.39, 0.29) is 12.2 Å². The van der Waals surface area contributed by atoms with E-state index < -0.39 is 0 Å². The molecule has 1 aliphatic heterocycles. The molecule has 2 rings (SSSR count). The Bertz CT molecular complexity index is 358. The molecule has 0 aliphatic carbocycles. The van der Waals surface area contributed by atoms with Crippen LogP contribution in [0.5, 0.6) is 0 Å². The van der Waals surface area contributed by atoms with Crippen molar-refractivity contribution in [3.05, 3.63) is 35.4 Å². The van der Waals surface area contributed by atoms with Gasteiger partial charge in [0.05, 0.1) is 12.2 Å². The molecule has 1 fully saturated rings. The van der Waals surface area contributed by atoms with Crippen molar-refractivity contribution in [1.82, 2.24) is 0 Å². The molecule has 0 saturated carbocycles. The van der Waals surface area contributed by atoms with E-state index >= 15 is 0 Å². The summed E-state index contributed by atoms with van der Waals surface area (Å²) in [4.78, 5) is 0. The average molecular weight is 248 g/mol. The molecule has 0 amide bonds. The van der Waals surface area contributed by atoms with Crippen molar-refractivity contribution in [2.24, 2.45) is 5.92 Å². The molecule has 0 aromatic heterocycles. The van der Waals surface area contributed by atoms with Gasteiger partial charge in [-0.3, -0.25) is 0 Å². The molecule has 2 nitrogen and oxygen atoms in total. The van der Waals surface area contributed by atoms with Crippen molar-refractivity contribution in [2.75, 3.05) is 6.61 Å². The second-order valence-corrected chi connectivity index (χ2v) is 5.21. The van der Waals surface area contributed by atoms with Crippen LogP contribution in [-0.4, -0.2) is 23.9 Å². The maximum Gasteiger partial charge on any atom is 0.0634 e. The second-order valence-electron chi connectivity index (χ2n) is 5.21. The van der Waals surface area contributed by atoms with Crippen LogP contribution in [-0.2, 0) is 17.6 Å². The van der Waals surface area contributed by atoms with Gasteiger partial charge in [0.1, 0.15) is 0 Å². The maximum atomic E-state index is 10.4. The highest BCUT2D eigenvalue weighted by atomic mass is 16.5. The van der Waals surface area contributed by atoms with E-state index in [0.717, 1.165) is 32.3 Å². The number of ether oxygens (including phenoxy) is 1. The van der Waals surface area contributed by atoms with Crippen molar-refractivity contribution < 1.29 is 9.84 Å². The number of aryl methyl sites for hydroxylation is 1. The fourth-order valence-electron chi connectivity index (χ4n) is 2.83. The lowest BCUT2D eigenvalue weighted by molar-refractivity contribution is 0.0318. The molecule has 2 heteroatoms. The Hall–Kier alpha value is -0.860. The molecule has 0 radical (unpaired) electrons. The molecule has 0 spiro atoms. The quantitative estimate of drug-likeness (QED) is 0.868. The van der Waals surface area contributed by atoms with Crippen molar-refractivity contribution in [3.8, 4) is 0 Å². The Labute approximate surface area is 110 Å². The molecule has 3 atom stereocenters. The predicted octanol–water partition coefficient (Wildman–Crippen LogP) is 2.97.